The molecule has 0 fully saturated rings. The topological polar surface area (TPSA) is 35.5 Å². The molecule has 0 aromatic carbocycles. The van der Waals surface area contributed by atoms with Gasteiger partial charge in [0.1, 0.15) is 0 Å². The average molecular weight is 230 g/mol. The molecule has 0 aliphatic carbocycles. The molecule has 2 N–H and O–H groups in total. The van der Waals surface area contributed by atoms with Crippen LogP contribution < -0.4 is 5.32 Å². The molecule has 3 nitrogen and oxygen atoms in total. The Morgan fingerprint density at radius 3 is 2.00 bits per heavy atom. The van der Waals surface area contributed by atoms with E-state index < -0.39 is 0 Å². The predicted molar refractivity (Wildman–Crippen MR) is 70.8 cm³/mol. The van der Waals surface area contributed by atoms with Crippen molar-refractivity contribution in [1.29, 1.82) is 0 Å². The summed E-state index contributed by atoms with van der Waals surface area (Å²) in [5.41, 5.74) is 0.171. The van der Waals surface area contributed by atoms with E-state index >= 15 is 0 Å². The number of aliphatic hydroxyl groups is 1. The molecule has 0 spiro atoms. The first-order chi connectivity index (χ1) is 7.51. The van der Waals surface area contributed by atoms with Crippen LogP contribution in [0.1, 0.15) is 47.5 Å². The van der Waals surface area contributed by atoms with Crippen molar-refractivity contribution in [2.24, 2.45) is 0 Å². The molecule has 0 aliphatic rings. The van der Waals surface area contributed by atoms with Gasteiger partial charge in [0.15, 0.2) is 0 Å². The van der Waals surface area contributed by atoms with Crippen LogP contribution in [0.15, 0.2) is 0 Å². The van der Waals surface area contributed by atoms with Crippen LogP contribution in [0.5, 0.6) is 0 Å². The molecule has 0 heterocycles. The third-order valence-corrected chi connectivity index (χ3v) is 3.69. The Hall–Kier alpha value is -0.120. The van der Waals surface area contributed by atoms with E-state index in [1.54, 1.807) is 0 Å². The molecule has 1 unspecified atom stereocenters. The minimum absolute atomic E-state index is 0.171. The molecule has 0 saturated carbocycles. The molecule has 0 aliphatic heterocycles. The zero-order chi connectivity index (χ0) is 12.6. The molecular formula is C13H30N2O. The van der Waals surface area contributed by atoms with Gasteiger partial charge in [-0.25, -0.2) is 0 Å². The van der Waals surface area contributed by atoms with Crippen molar-refractivity contribution in [3.8, 4) is 0 Å². The number of hydrogen-bond donors (Lipinski definition) is 2. The molecule has 0 saturated heterocycles. The van der Waals surface area contributed by atoms with E-state index in [0.29, 0.717) is 6.54 Å². The Bertz CT molecular complexity index is 165. The van der Waals surface area contributed by atoms with Crippen LogP contribution in [0.4, 0.5) is 0 Å². The lowest BCUT2D eigenvalue weighted by molar-refractivity contribution is 0.106. The average Bonchev–Trinajstić information content (AvgIpc) is 2.33. The smallest absolute Gasteiger partial charge is 0.0791 e. The Kier molecular flexibility index (Phi) is 7.98. The van der Waals surface area contributed by atoms with E-state index in [2.05, 4.69) is 44.8 Å². The zero-order valence-electron chi connectivity index (χ0n) is 11.7. The molecule has 0 aromatic rings. The van der Waals surface area contributed by atoms with Crippen LogP contribution in [0.25, 0.3) is 0 Å². The van der Waals surface area contributed by atoms with Crippen molar-refractivity contribution in [3.63, 3.8) is 0 Å². The second kappa shape index (κ2) is 8.04. The Balaban J connectivity index is 3.92. The summed E-state index contributed by atoms with van der Waals surface area (Å²) in [6.07, 6.45) is 1.93. The lowest BCUT2D eigenvalue weighted by atomic mass is 9.95. The second-order valence-electron chi connectivity index (χ2n) is 4.79. The summed E-state index contributed by atoms with van der Waals surface area (Å²) >= 11 is 0. The number of hydrogen-bond acceptors (Lipinski definition) is 3. The molecule has 0 amide bonds. The van der Waals surface area contributed by atoms with Crippen LogP contribution in [0.3, 0.4) is 0 Å². The molecule has 1 atom stereocenters. The molecule has 0 radical (unpaired) electrons. The largest absolute Gasteiger partial charge is 0.390 e. The number of nitrogens with one attached hydrogen (secondary N) is 1. The van der Waals surface area contributed by atoms with Gasteiger partial charge in [0.25, 0.3) is 0 Å². The van der Waals surface area contributed by atoms with E-state index in [-0.39, 0.29) is 11.6 Å². The number of rotatable bonds is 9. The minimum Gasteiger partial charge on any atom is -0.390 e. The number of nitrogens with zero attached hydrogens (tertiary/aromatic N) is 1. The van der Waals surface area contributed by atoms with E-state index in [9.17, 15) is 5.11 Å². The SMILES string of the molecule is CCN(CC)CC(O)CNC(C)(CC)CC. The molecule has 16 heavy (non-hydrogen) atoms. The van der Waals surface area contributed by atoms with Gasteiger partial charge < -0.3 is 15.3 Å². The second-order valence-corrected chi connectivity index (χ2v) is 4.79. The standard InChI is InChI=1S/C13H30N2O/c1-6-13(5,7-2)14-10-12(16)11-15(8-3)9-4/h12,14,16H,6-11H2,1-5H3. The Labute approximate surface area is 101 Å². The third-order valence-electron chi connectivity index (χ3n) is 3.69. The number of aliphatic hydroxyl groups excluding tert-OH is 1. The maximum atomic E-state index is 9.93. The van der Waals surface area contributed by atoms with E-state index in [0.717, 1.165) is 32.5 Å². The lowest BCUT2D eigenvalue weighted by Crippen LogP contribution is -2.47. The van der Waals surface area contributed by atoms with Gasteiger partial charge in [-0.3, -0.25) is 0 Å². The van der Waals surface area contributed by atoms with E-state index in [4.69, 9.17) is 0 Å². The third kappa shape index (κ3) is 5.83. The highest BCUT2D eigenvalue weighted by Crippen LogP contribution is 2.13. The van der Waals surface area contributed by atoms with Crippen molar-refractivity contribution in [3.05, 3.63) is 0 Å². The normalized spacial score (nSPS) is 14.4. The highest BCUT2D eigenvalue weighted by molar-refractivity contribution is 4.81. The molecule has 98 valence electrons. The van der Waals surface area contributed by atoms with Crippen LogP contribution in [0, 0.1) is 0 Å². The summed E-state index contributed by atoms with van der Waals surface area (Å²) in [6.45, 7) is 14.3. The van der Waals surface area contributed by atoms with Crippen LogP contribution in [-0.4, -0.2) is 47.8 Å². The summed E-state index contributed by atoms with van der Waals surface area (Å²) in [7, 11) is 0. The van der Waals surface area contributed by atoms with Gasteiger partial charge in [-0.05, 0) is 32.9 Å². The van der Waals surface area contributed by atoms with Gasteiger partial charge in [0.05, 0.1) is 6.10 Å². The molecule has 3 heteroatoms. The molecular weight excluding hydrogens is 200 g/mol. The van der Waals surface area contributed by atoms with E-state index in [1.165, 1.54) is 0 Å². The Morgan fingerprint density at radius 1 is 1.12 bits per heavy atom. The van der Waals surface area contributed by atoms with Crippen LogP contribution >= 0.6 is 0 Å². The van der Waals surface area contributed by atoms with Gasteiger partial charge in [-0.15, -0.1) is 0 Å². The highest BCUT2D eigenvalue weighted by atomic mass is 16.3. The van der Waals surface area contributed by atoms with Crippen molar-refractivity contribution in [2.75, 3.05) is 26.2 Å². The van der Waals surface area contributed by atoms with E-state index in [1.807, 2.05) is 0 Å². The zero-order valence-corrected chi connectivity index (χ0v) is 11.7. The highest BCUT2D eigenvalue weighted by Gasteiger charge is 2.20. The maximum Gasteiger partial charge on any atom is 0.0791 e. The fourth-order valence-electron chi connectivity index (χ4n) is 1.71. The summed E-state index contributed by atoms with van der Waals surface area (Å²) in [4.78, 5) is 2.25. The summed E-state index contributed by atoms with van der Waals surface area (Å²) in [5, 5.41) is 13.4. The summed E-state index contributed by atoms with van der Waals surface area (Å²) in [5.74, 6) is 0. The van der Waals surface area contributed by atoms with Crippen molar-refractivity contribution in [2.45, 2.75) is 59.1 Å². The van der Waals surface area contributed by atoms with Crippen LogP contribution in [0.2, 0.25) is 0 Å². The molecule has 0 aromatic heterocycles. The monoisotopic (exact) mass is 230 g/mol. The lowest BCUT2D eigenvalue weighted by Gasteiger charge is -2.31. The van der Waals surface area contributed by atoms with Crippen molar-refractivity contribution in [1.82, 2.24) is 10.2 Å². The minimum atomic E-state index is -0.266. The van der Waals surface area contributed by atoms with Gasteiger partial charge >= 0.3 is 0 Å². The first-order valence-corrected chi connectivity index (χ1v) is 6.66. The predicted octanol–water partition coefficient (Wildman–Crippen LogP) is 1.86. The first-order valence-electron chi connectivity index (χ1n) is 6.66. The quantitative estimate of drug-likeness (QED) is 0.634. The summed E-state index contributed by atoms with van der Waals surface area (Å²) in [6, 6.07) is 0. The van der Waals surface area contributed by atoms with Gasteiger partial charge in [0, 0.05) is 18.6 Å². The fraction of sp³-hybridized carbons (Fsp3) is 1.00. The maximum absolute atomic E-state index is 9.93. The fourth-order valence-corrected chi connectivity index (χ4v) is 1.71. The number of likely N-dealkylation sites (N-methyl/N-ethyl adjacent to an activating group) is 1. The molecule has 0 rings (SSSR count). The summed E-state index contributed by atoms with van der Waals surface area (Å²) < 4.78 is 0. The van der Waals surface area contributed by atoms with Gasteiger partial charge in [-0.1, -0.05) is 27.7 Å². The Morgan fingerprint density at radius 2 is 1.62 bits per heavy atom. The van der Waals surface area contributed by atoms with Gasteiger partial charge in [0.2, 0.25) is 0 Å². The number of β-amino-alcohol motifs (C(OH)–C–C–N with tert-alkyl or cyclic N) is 1. The van der Waals surface area contributed by atoms with Crippen LogP contribution in [-0.2, 0) is 0 Å². The van der Waals surface area contributed by atoms with Gasteiger partial charge in [-0.2, -0.15) is 0 Å². The first kappa shape index (κ1) is 15.9. The van der Waals surface area contributed by atoms with Crippen molar-refractivity contribution < 1.29 is 5.11 Å². The van der Waals surface area contributed by atoms with Crippen molar-refractivity contribution >= 4 is 0 Å². The molecule has 0 bridgehead atoms.